The van der Waals surface area contributed by atoms with Gasteiger partial charge in [-0.2, -0.15) is 15.0 Å². The van der Waals surface area contributed by atoms with Gasteiger partial charge in [-0.25, -0.2) is 0 Å². The largest absolute Gasteiger partial charge is 0.384 e. The Morgan fingerprint density at radius 2 is 2.00 bits per heavy atom. The first-order valence-corrected chi connectivity index (χ1v) is 11.8. The van der Waals surface area contributed by atoms with Crippen molar-refractivity contribution >= 4 is 35.3 Å². The van der Waals surface area contributed by atoms with Crippen LogP contribution in [-0.2, 0) is 9.53 Å². The van der Waals surface area contributed by atoms with Gasteiger partial charge >= 0.3 is 0 Å². The number of primary amides is 1. The zero-order chi connectivity index (χ0) is 25.5. The molecule has 0 spiro atoms. The fourth-order valence-electron chi connectivity index (χ4n) is 3.95. The average molecular weight is 485 g/mol. The summed E-state index contributed by atoms with van der Waals surface area (Å²) in [5.41, 5.74) is 7.45. The molecule has 35 heavy (non-hydrogen) atoms. The van der Waals surface area contributed by atoms with E-state index in [2.05, 4.69) is 39.4 Å². The SMILES string of the molecule is COCCC(=O)N1CC[C@@H](Nc2nc(Nc3cc(C(N)=O)ccc3C)nc(N(C)CC(C)C)n2)C1. The van der Waals surface area contributed by atoms with Crippen molar-refractivity contribution in [3.63, 3.8) is 0 Å². The van der Waals surface area contributed by atoms with E-state index in [1.807, 2.05) is 29.8 Å². The minimum atomic E-state index is -0.505. The number of likely N-dealkylation sites (tertiary alicyclic amines) is 1. The van der Waals surface area contributed by atoms with Crippen molar-refractivity contribution in [2.75, 3.05) is 55.9 Å². The van der Waals surface area contributed by atoms with Crippen LogP contribution in [0.25, 0.3) is 0 Å². The Labute approximate surface area is 206 Å². The smallest absolute Gasteiger partial charge is 0.248 e. The van der Waals surface area contributed by atoms with Crippen molar-refractivity contribution in [3.05, 3.63) is 29.3 Å². The molecule has 3 rings (SSSR count). The topological polar surface area (TPSA) is 139 Å². The summed E-state index contributed by atoms with van der Waals surface area (Å²) in [6.07, 6.45) is 1.17. The number of rotatable bonds is 11. The normalized spacial score (nSPS) is 15.4. The summed E-state index contributed by atoms with van der Waals surface area (Å²) in [4.78, 5) is 41.6. The zero-order valence-electron chi connectivity index (χ0n) is 21.2. The molecule has 1 saturated heterocycles. The molecule has 0 saturated carbocycles. The minimum Gasteiger partial charge on any atom is -0.384 e. The third-order valence-corrected chi connectivity index (χ3v) is 5.77. The fraction of sp³-hybridized carbons (Fsp3) is 0.542. The number of benzene rings is 1. The molecule has 0 bridgehead atoms. The number of methoxy groups -OCH3 is 1. The molecule has 1 aliphatic heterocycles. The summed E-state index contributed by atoms with van der Waals surface area (Å²) in [5, 5.41) is 6.59. The van der Waals surface area contributed by atoms with Crippen LogP contribution < -0.4 is 21.3 Å². The van der Waals surface area contributed by atoms with Gasteiger partial charge in [0.15, 0.2) is 0 Å². The van der Waals surface area contributed by atoms with E-state index in [-0.39, 0.29) is 11.9 Å². The zero-order valence-corrected chi connectivity index (χ0v) is 21.2. The van der Waals surface area contributed by atoms with Gasteiger partial charge in [0.2, 0.25) is 29.7 Å². The summed E-state index contributed by atoms with van der Waals surface area (Å²) in [7, 11) is 3.53. The molecule has 1 fully saturated rings. The van der Waals surface area contributed by atoms with Crippen LogP contribution in [0, 0.1) is 12.8 Å². The quantitative estimate of drug-likeness (QED) is 0.438. The van der Waals surface area contributed by atoms with Crippen molar-refractivity contribution in [1.82, 2.24) is 19.9 Å². The van der Waals surface area contributed by atoms with E-state index in [1.165, 1.54) is 0 Å². The van der Waals surface area contributed by atoms with Crippen LogP contribution in [-0.4, -0.2) is 78.1 Å². The summed E-state index contributed by atoms with van der Waals surface area (Å²) in [5.74, 6) is 1.29. The van der Waals surface area contributed by atoms with Crippen LogP contribution in [0.15, 0.2) is 18.2 Å². The molecular formula is C24H36N8O3. The van der Waals surface area contributed by atoms with E-state index in [0.29, 0.717) is 61.1 Å². The van der Waals surface area contributed by atoms with Crippen LogP contribution >= 0.6 is 0 Å². The fourth-order valence-corrected chi connectivity index (χ4v) is 3.95. The first-order valence-electron chi connectivity index (χ1n) is 11.8. The van der Waals surface area contributed by atoms with Crippen LogP contribution in [0.4, 0.5) is 23.5 Å². The summed E-state index contributed by atoms with van der Waals surface area (Å²) < 4.78 is 5.02. The number of nitrogens with zero attached hydrogens (tertiary/aromatic N) is 5. The number of aryl methyl sites for hydroxylation is 1. The molecule has 1 aliphatic rings. The number of hydrogen-bond acceptors (Lipinski definition) is 9. The Morgan fingerprint density at radius 1 is 1.26 bits per heavy atom. The van der Waals surface area contributed by atoms with Gasteiger partial charge in [0, 0.05) is 51.1 Å². The molecule has 2 heterocycles. The third kappa shape index (κ3) is 7.25. The molecule has 4 N–H and O–H groups in total. The van der Waals surface area contributed by atoms with E-state index in [0.717, 1.165) is 18.5 Å². The van der Waals surface area contributed by atoms with E-state index >= 15 is 0 Å². The van der Waals surface area contributed by atoms with Gasteiger partial charge in [-0.3, -0.25) is 9.59 Å². The van der Waals surface area contributed by atoms with Crippen molar-refractivity contribution in [2.45, 2.75) is 39.7 Å². The highest BCUT2D eigenvalue weighted by Crippen LogP contribution is 2.23. The van der Waals surface area contributed by atoms with Gasteiger partial charge < -0.3 is 30.9 Å². The van der Waals surface area contributed by atoms with Crippen LogP contribution in [0.5, 0.6) is 0 Å². The summed E-state index contributed by atoms with van der Waals surface area (Å²) in [6.45, 7) is 8.61. The number of aromatic nitrogens is 3. The maximum Gasteiger partial charge on any atom is 0.248 e. The summed E-state index contributed by atoms with van der Waals surface area (Å²) in [6, 6.07) is 5.22. The Morgan fingerprint density at radius 3 is 2.69 bits per heavy atom. The Kier molecular flexibility index (Phi) is 8.80. The van der Waals surface area contributed by atoms with Crippen LogP contribution in [0.2, 0.25) is 0 Å². The number of amides is 2. The molecule has 2 aromatic rings. The molecule has 1 aromatic heterocycles. The van der Waals surface area contributed by atoms with Crippen molar-refractivity contribution in [1.29, 1.82) is 0 Å². The molecule has 1 atom stereocenters. The average Bonchev–Trinajstić information content (AvgIpc) is 3.26. The van der Waals surface area contributed by atoms with E-state index < -0.39 is 5.91 Å². The molecule has 0 unspecified atom stereocenters. The van der Waals surface area contributed by atoms with Gasteiger partial charge in [0.1, 0.15) is 0 Å². The number of anilines is 4. The van der Waals surface area contributed by atoms with Crippen molar-refractivity contribution in [2.24, 2.45) is 11.7 Å². The van der Waals surface area contributed by atoms with Crippen LogP contribution in [0.1, 0.15) is 42.6 Å². The van der Waals surface area contributed by atoms with Crippen LogP contribution in [0.3, 0.4) is 0 Å². The maximum atomic E-state index is 12.3. The molecular weight excluding hydrogens is 448 g/mol. The molecule has 1 aromatic carbocycles. The number of nitrogens with one attached hydrogen (secondary N) is 2. The maximum absolute atomic E-state index is 12.3. The standard InChI is InChI=1S/C24H36N8O3/c1-15(2)13-31(4)24-29-22(26-18-8-10-32(14-18)20(33)9-11-35-5)28-23(30-24)27-19-12-17(21(25)34)7-6-16(19)3/h6-7,12,15,18H,8-11,13-14H2,1-5H3,(H2,25,34)(H2,26,27,28,29,30)/t18-/m1/s1. The van der Waals surface area contributed by atoms with Gasteiger partial charge in [-0.15, -0.1) is 0 Å². The lowest BCUT2D eigenvalue weighted by molar-refractivity contribution is -0.131. The van der Waals surface area contributed by atoms with Gasteiger partial charge in [0.25, 0.3) is 0 Å². The lowest BCUT2D eigenvalue weighted by atomic mass is 10.1. The number of ether oxygens (including phenoxy) is 1. The molecule has 2 amide bonds. The first-order chi connectivity index (χ1) is 16.7. The van der Waals surface area contributed by atoms with Gasteiger partial charge in [-0.05, 0) is 37.0 Å². The second kappa shape index (κ2) is 11.8. The molecule has 0 radical (unpaired) electrons. The Bertz CT molecular complexity index is 1050. The van der Waals surface area contributed by atoms with Gasteiger partial charge in [-0.1, -0.05) is 19.9 Å². The lowest BCUT2D eigenvalue weighted by Crippen LogP contribution is -2.32. The Balaban J connectivity index is 1.83. The minimum absolute atomic E-state index is 0.0277. The van der Waals surface area contributed by atoms with Crippen molar-refractivity contribution in [3.8, 4) is 0 Å². The summed E-state index contributed by atoms with van der Waals surface area (Å²) >= 11 is 0. The van der Waals surface area contributed by atoms with Crippen molar-refractivity contribution < 1.29 is 14.3 Å². The predicted molar refractivity (Wildman–Crippen MR) is 136 cm³/mol. The van der Waals surface area contributed by atoms with E-state index in [9.17, 15) is 9.59 Å². The lowest BCUT2D eigenvalue weighted by Gasteiger charge is -2.22. The van der Waals surface area contributed by atoms with E-state index in [4.69, 9.17) is 10.5 Å². The molecule has 0 aliphatic carbocycles. The highest BCUT2D eigenvalue weighted by Gasteiger charge is 2.27. The monoisotopic (exact) mass is 484 g/mol. The first kappa shape index (κ1) is 26.1. The van der Waals surface area contributed by atoms with Gasteiger partial charge in [0.05, 0.1) is 13.0 Å². The number of nitrogens with two attached hydrogens (primary N) is 1. The number of carbonyl (C=O) groups is 2. The highest BCUT2D eigenvalue weighted by molar-refractivity contribution is 5.94. The molecule has 11 heteroatoms. The second-order valence-corrected chi connectivity index (χ2v) is 9.29. The third-order valence-electron chi connectivity index (χ3n) is 5.77. The molecule has 11 nitrogen and oxygen atoms in total. The highest BCUT2D eigenvalue weighted by atomic mass is 16.5. The van der Waals surface area contributed by atoms with E-state index in [1.54, 1.807) is 19.2 Å². The second-order valence-electron chi connectivity index (χ2n) is 9.29. The Hall–Kier alpha value is -3.47. The number of hydrogen-bond donors (Lipinski definition) is 3. The number of carbonyl (C=O) groups excluding carboxylic acids is 2. The predicted octanol–water partition coefficient (Wildman–Crippen LogP) is 2.16. The molecule has 190 valence electrons.